The second-order valence-corrected chi connectivity index (χ2v) is 4.75. The van der Waals surface area contributed by atoms with Gasteiger partial charge in [-0.15, -0.1) is 0 Å². The number of amides is 2. The molecule has 6 heteroatoms. The number of benzene rings is 1. The smallest absolute Gasteiger partial charge is 0.258 e. The Hall–Kier alpha value is -2.24. The third-order valence-corrected chi connectivity index (χ3v) is 3.15. The van der Waals surface area contributed by atoms with Crippen LogP contribution in [0, 0.1) is 0 Å². The first kappa shape index (κ1) is 17.8. The summed E-state index contributed by atoms with van der Waals surface area (Å²) in [5, 5.41) is 5.51. The third-order valence-electron chi connectivity index (χ3n) is 3.15. The van der Waals surface area contributed by atoms with Gasteiger partial charge in [-0.05, 0) is 18.6 Å². The number of hydrogen-bond donors (Lipinski definition) is 2. The van der Waals surface area contributed by atoms with E-state index >= 15 is 0 Å². The average molecular weight is 308 g/mol. The monoisotopic (exact) mass is 308 g/mol. The van der Waals surface area contributed by atoms with E-state index in [-0.39, 0.29) is 11.8 Å². The van der Waals surface area contributed by atoms with E-state index in [1.165, 1.54) is 14.2 Å². The highest BCUT2D eigenvalue weighted by Gasteiger charge is 2.17. The molecule has 2 amide bonds. The van der Waals surface area contributed by atoms with Gasteiger partial charge in [0, 0.05) is 19.5 Å². The Morgan fingerprint density at radius 1 is 1.05 bits per heavy atom. The van der Waals surface area contributed by atoms with E-state index < -0.39 is 0 Å². The molecule has 2 N–H and O–H groups in total. The van der Waals surface area contributed by atoms with Crippen molar-refractivity contribution in [1.29, 1.82) is 0 Å². The van der Waals surface area contributed by atoms with Crippen LogP contribution in [0.1, 0.15) is 36.5 Å². The predicted molar refractivity (Wildman–Crippen MR) is 84.4 cm³/mol. The highest BCUT2D eigenvalue weighted by Crippen LogP contribution is 2.27. The maximum atomic E-state index is 12.2. The van der Waals surface area contributed by atoms with E-state index in [0.29, 0.717) is 36.6 Å². The summed E-state index contributed by atoms with van der Waals surface area (Å²) in [5.41, 5.74) is 0.352. The van der Waals surface area contributed by atoms with Crippen molar-refractivity contribution < 1.29 is 19.1 Å². The molecule has 22 heavy (non-hydrogen) atoms. The van der Waals surface area contributed by atoms with Gasteiger partial charge >= 0.3 is 0 Å². The fraction of sp³-hybridized carbons (Fsp3) is 0.500. The lowest BCUT2D eigenvalue weighted by atomic mass is 10.1. The van der Waals surface area contributed by atoms with Crippen molar-refractivity contribution in [3.8, 4) is 11.5 Å². The molecule has 0 bridgehead atoms. The lowest BCUT2D eigenvalue weighted by Gasteiger charge is -2.13. The summed E-state index contributed by atoms with van der Waals surface area (Å²) in [6, 6.07) is 5.15. The minimum atomic E-state index is -0.294. The van der Waals surface area contributed by atoms with Gasteiger partial charge in [-0.25, -0.2) is 0 Å². The maximum Gasteiger partial charge on any atom is 0.258 e. The van der Waals surface area contributed by atoms with Crippen LogP contribution in [0.2, 0.25) is 0 Å². The topological polar surface area (TPSA) is 76.7 Å². The lowest BCUT2D eigenvalue weighted by Crippen LogP contribution is -2.34. The van der Waals surface area contributed by atoms with Gasteiger partial charge in [-0.2, -0.15) is 0 Å². The van der Waals surface area contributed by atoms with Crippen LogP contribution >= 0.6 is 0 Å². The van der Waals surface area contributed by atoms with E-state index in [1.807, 2.05) is 6.92 Å². The average Bonchev–Trinajstić information content (AvgIpc) is 2.55. The number of carbonyl (C=O) groups is 2. The first-order valence-corrected chi connectivity index (χ1v) is 7.39. The Bertz CT molecular complexity index is 481. The molecule has 0 radical (unpaired) electrons. The van der Waals surface area contributed by atoms with Crippen LogP contribution in [0.5, 0.6) is 11.5 Å². The van der Waals surface area contributed by atoms with Crippen LogP contribution in [-0.2, 0) is 4.79 Å². The quantitative estimate of drug-likeness (QED) is 0.681. The number of methoxy groups -OCH3 is 2. The molecule has 0 saturated carbocycles. The lowest BCUT2D eigenvalue weighted by molar-refractivity contribution is -0.121. The first-order valence-electron chi connectivity index (χ1n) is 7.39. The summed E-state index contributed by atoms with van der Waals surface area (Å²) >= 11 is 0. The number of carbonyl (C=O) groups excluding carboxylic acids is 2. The molecular formula is C16H24N2O4. The second kappa shape index (κ2) is 9.65. The van der Waals surface area contributed by atoms with Gasteiger partial charge in [0.05, 0.1) is 14.2 Å². The molecule has 0 atom stereocenters. The largest absolute Gasteiger partial charge is 0.496 e. The summed E-state index contributed by atoms with van der Waals surface area (Å²) < 4.78 is 10.4. The normalized spacial score (nSPS) is 9.95. The number of hydrogen-bond acceptors (Lipinski definition) is 4. The molecule has 0 saturated heterocycles. The number of ether oxygens (including phenoxy) is 2. The molecule has 1 aromatic rings. The van der Waals surface area contributed by atoms with Gasteiger partial charge in [0.15, 0.2) is 0 Å². The highest BCUT2D eigenvalue weighted by molar-refractivity contribution is 5.99. The Morgan fingerprint density at radius 3 is 2.18 bits per heavy atom. The van der Waals surface area contributed by atoms with Crippen LogP contribution in [-0.4, -0.2) is 39.1 Å². The van der Waals surface area contributed by atoms with Crippen LogP contribution in [0.4, 0.5) is 0 Å². The summed E-state index contributed by atoms with van der Waals surface area (Å²) in [6.45, 7) is 2.78. The van der Waals surface area contributed by atoms with Crippen molar-refractivity contribution in [3.63, 3.8) is 0 Å². The Balaban J connectivity index is 2.51. The highest BCUT2D eigenvalue weighted by atomic mass is 16.5. The fourth-order valence-electron chi connectivity index (χ4n) is 1.97. The molecule has 1 aromatic carbocycles. The van der Waals surface area contributed by atoms with Crippen LogP contribution in [0.25, 0.3) is 0 Å². The Kier molecular flexibility index (Phi) is 7.81. The van der Waals surface area contributed by atoms with Crippen molar-refractivity contribution in [2.45, 2.75) is 26.2 Å². The van der Waals surface area contributed by atoms with Crippen LogP contribution < -0.4 is 20.1 Å². The number of unbranched alkanes of at least 4 members (excludes halogenated alkanes) is 1. The second-order valence-electron chi connectivity index (χ2n) is 4.75. The Morgan fingerprint density at radius 2 is 1.64 bits per heavy atom. The van der Waals surface area contributed by atoms with Gasteiger partial charge in [0.1, 0.15) is 17.1 Å². The molecular weight excluding hydrogens is 284 g/mol. The molecule has 122 valence electrons. The van der Waals surface area contributed by atoms with Gasteiger partial charge in [0.25, 0.3) is 5.91 Å². The maximum absolute atomic E-state index is 12.2. The number of rotatable bonds is 9. The summed E-state index contributed by atoms with van der Waals surface area (Å²) in [4.78, 5) is 23.7. The molecule has 0 aliphatic carbocycles. The zero-order valence-corrected chi connectivity index (χ0v) is 13.4. The summed E-state index contributed by atoms with van der Waals surface area (Å²) in [5.74, 6) is 0.607. The first-order chi connectivity index (χ1) is 10.6. The van der Waals surface area contributed by atoms with E-state index in [1.54, 1.807) is 18.2 Å². The summed E-state index contributed by atoms with van der Waals surface area (Å²) in [7, 11) is 3.00. The van der Waals surface area contributed by atoms with Crippen LogP contribution in [0.3, 0.4) is 0 Å². The van der Waals surface area contributed by atoms with Crippen molar-refractivity contribution in [2.75, 3.05) is 27.3 Å². The molecule has 0 heterocycles. The number of nitrogens with one attached hydrogen (secondary N) is 2. The van der Waals surface area contributed by atoms with Crippen molar-refractivity contribution >= 4 is 11.8 Å². The summed E-state index contributed by atoms with van der Waals surface area (Å²) in [6.07, 6.45) is 2.37. The molecule has 6 nitrogen and oxygen atoms in total. The molecule has 1 rings (SSSR count). The van der Waals surface area contributed by atoms with Crippen LogP contribution in [0.15, 0.2) is 18.2 Å². The predicted octanol–water partition coefficient (Wildman–Crippen LogP) is 1.74. The van der Waals surface area contributed by atoms with Crippen molar-refractivity contribution in [1.82, 2.24) is 10.6 Å². The minimum Gasteiger partial charge on any atom is -0.496 e. The molecule has 0 aromatic heterocycles. The Labute approximate surface area is 131 Å². The van der Waals surface area contributed by atoms with Gasteiger partial charge < -0.3 is 20.1 Å². The standard InChI is InChI=1S/C16H24N2O4/c1-4-5-9-14(19)17-10-11-18-16(20)15-12(21-2)7-6-8-13(15)22-3/h6-8H,4-5,9-11H2,1-3H3,(H,17,19)(H,18,20). The van der Waals surface area contributed by atoms with E-state index in [2.05, 4.69) is 10.6 Å². The SMILES string of the molecule is CCCCC(=O)NCCNC(=O)c1c(OC)cccc1OC. The molecule has 0 aliphatic heterocycles. The van der Waals surface area contributed by atoms with Crippen molar-refractivity contribution in [2.24, 2.45) is 0 Å². The molecule has 0 unspecified atom stereocenters. The third kappa shape index (κ3) is 5.27. The minimum absolute atomic E-state index is 0.00553. The van der Waals surface area contributed by atoms with Gasteiger partial charge in [0.2, 0.25) is 5.91 Å². The fourth-order valence-corrected chi connectivity index (χ4v) is 1.97. The zero-order chi connectivity index (χ0) is 16.4. The van der Waals surface area contributed by atoms with Crippen molar-refractivity contribution in [3.05, 3.63) is 23.8 Å². The van der Waals surface area contributed by atoms with Gasteiger partial charge in [-0.3, -0.25) is 9.59 Å². The zero-order valence-electron chi connectivity index (χ0n) is 13.4. The van der Waals surface area contributed by atoms with E-state index in [9.17, 15) is 9.59 Å². The molecule has 0 aliphatic rings. The van der Waals surface area contributed by atoms with E-state index in [4.69, 9.17) is 9.47 Å². The van der Waals surface area contributed by atoms with Gasteiger partial charge in [-0.1, -0.05) is 19.4 Å². The van der Waals surface area contributed by atoms with E-state index in [0.717, 1.165) is 12.8 Å². The molecule has 0 spiro atoms. The molecule has 0 fully saturated rings.